The molecule has 2 aromatic rings. The van der Waals surface area contributed by atoms with Crippen molar-refractivity contribution in [1.29, 1.82) is 0 Å². The van der Waals surface area contributed by atoms with Gasteiger partial charge in [0, 0.05) is 6.04 Å². The number of nitrogens with zero attached hydrogens (tertiary/aromatic N) is 5. The predicted molar refractivity (Wildman–Crippen MR) is 79.0 cm³/mol. The van der Waals surface area contributed by atoms with Gasteiger partial charge in [-0.15, -0.1) is 10.2 Å². The lowest BCUT2D eigenvalue weighted by Gasteiger charge is -2.30. The van der Waals surface area contributed by atoms with Crippen molar-refractivity contribution in [2.24, 2.45) is 5.92 Å². The smallest absolute Gasteiger partial charge is 0.375 e. The van der Waals surface area contributed by atoms with Crippen LogP contribution in [0, 0.1) is 12.5 Å². The number of fused-ring (bicyclic) bond motifs is 1. The number of carboxylic acids is 1. The number of rotatable bonds is 3. The molecule has 22 heavy (non-hydrogen) atoms. The topological polar surface area (TPSA) is 96.8 Å². The van der Waals surface area contributed by atoms with Crippen LogP contribution in [0.2, 0.25) is 0 Å². The van der Waals surface area contributed by atoms with Crippen LogP contribution in [0.25, 0.3) is 10.5 Å². The molecule has 2 N–H and O–H groups in total. The van der Waals surface area contributed by atoms with Gasteiger partial charge in [0.15, 0.2) is 5.65 Å². The maximum atomic E-state index is 11.1. The lowest BCUT2D eigenvalue weighted by atomic mass is 9.86. The van der Waals surface area contributed by atoms with Gasteiger partial charge in [0.05, 0.1) is 18.5 Å². The molecule has 3 rings (SSSR count). The van der Waals surface area contributed by atoms with Gasteiger partial charge in [-0.2, -0.15) is 9.61 Å². The van der Waals surface area contributed by atoms with Crippen molar-refractivity contribution in [3.8, 4) is 0 Å². The molecule has 0 radical (unpaired) electrons. The average Bonchev–Trinajstić information content (AvgIpc) is 2.94. The summed E-state index contributed by atoms with van der Waals surface area (Å²) < 4.78 is 1.16. The zero-order valence-corrected chi connectivity index (χ0v) is 12.2. The Bertz CT molecular complexity index is 763. The van der Waals surface area contributed by atoms with Crippen LogP contribution >= 0.6 is 0 Å². The third-order valence-corrected chi connectivity index (χ3v) is 4.17. The van der Waals surface area contributed by atoms with E-state index in [1.807, 2.05) is 0 Å². The van der Waals surface area contributed by atoms with Gasteiger partial charge in [-0.3, -0.25) is 0 Å². The fraction of sp³-hybridized carbons (Fsp3) is 0.500. The van der Waals surface area contributed by atoms with E-state index in [2.05, 4.69) is 32.4 Å². The second kappa shape index (κ2) is 5.60. The van der Waals surface area contributed by atoms with Crippen LogP contribution < -0.4 is 5.32 Å². The highest BCUT2D eigenvalue weighted by atomic mass is 16.4. The summed E-state index contributed by atoms with van der Waals surface area (Å²) in [6.07, 6.45) is 5.87. The molecule has 0 bridgehead atoms. The Morgan fingerprint density at radius 1 is 1.45 bits per heavy atom. The van der Waals surface area contributed by atoms with Crippen LogP contribution in [-0.2, 0) is 0 Å². The van der Waals surface area contributed by atoms with Crippen molar-refractivity contribution in [3.63, 3.8) is 0 Å². The molecule has 1 aliphatic rings. The standard InChI is InChI=1S/C14H16N6O2/c1-8-5-3-4-6-9(8)17-11-10(15-2)7-16-20-12(11)18-19-13(20)14(21)22/h7-9,17H,3-6H2,1H3,(H,21,22). The van der Waals surface area contributed by atoms with E-state index in [-0.39, 0.29) is 17.5 Å². The normalized spacial score (nSPS) is 21.5. The molecule has 1 saturated carbocycles. The number of carboxylic acid groups (broad SMARTS) is 1. The number of carbonyl (C=O) groups is 1. The van der Waals surface area contributed by atoms with Crippen LogP contribution in [0.3, 0.4) is 0 Å². The predicted octanol–water partition coefficient (Wildman–Crippen LogP) is 2.36. The van der Waals surface area contributed by atoms with Crippen molar-refractivity contribution in [1.82, 2.24) is 19.8 Å². The van der Waals surface area contributed by atoms with Crippen LogP contribution in [0.4, 0.5) is 11.4 Å². The lowest BCUT2D eigenvalue weighted by molar-refractivity contribution is 0.0680. The van der Waals surface area contributed by atoms with Gasteiger partial charge in [0.1, 0.15) is 0 Å². The summed E-state index contributed by atoms with van der Waals surface area (Å²) in [5.74, 6) is -0.971. The van der Waals surface area contributed by atoms with Crippen LogP contribution in [0.15, 0.2) is 6.20 Å². The fourth-order valence-corrected chi connectivity index (χ4v) is 2.91. The molecule has 0 aromatic carbocycles. The Kier molecular flexibility index (Phi) is 3.63. The van der Waals surface area contributed by atoms with Gasteiger partial charge in [0.2, 0.25) is 5.69 Å². The molecule has 2 heterocycles. The number of aromatic nitrogens is 4. The summed E-state index contributed by atoms with van der Waals surface area (Å²) in [6.45, 7) is 9.47. The molecule has 0 amide bonds. The Morgan fingerprint density at radius 3 is 2.91 bits per heavy atom. The summed E-state index contributed by atoms with van der Waals surface area (Å²) in [5, 5.41) is 24.0. The highest BCUT2D eigenvalue weighted by Gasteiger charge is 2.25. The molecule has 8 heteroatoms. The van der Waals surface area contributed by atoms with E-state index < -0.39 is 5.97 Å². The monoisotopic (exact) mass is 300 g/mol. The Morgan fingerprint density at radius 2 is 2.23 bits per heavy atom. The Hall–Kier alpha value is -2.69. The second-order valence-corrected chi connectivity index (χ2v) is 5.59. The van der Waals surface area contributed by atoms with Crippen molar-refractivity contribution in [2.75, 3.05) is 5.32 Å². The van der Waals surface area contributed by atoms with Gasteiger partial charge < -0.3 is 10.4 Å². The van der Waals surface area contributed by atoms with Gasteiger partial charge >= 0.3 is 5.97 Å². The van der Waals surface area contributed by atoms with Crippen LogP contribution in [0.1, 0.15) is 43.2 Å². The molecule has 0 spiro atoms. The zero-order chi connectivity index (χ0) is 15.7. The van der Waals surface area contributed by atoms with Crippen molar-refractivity contribution in [2.45, 2.75) is 38.6 Å². The maximum Gasteiger partial charge on any atom is 0.375 e. The van der Waals surface area contributed by atoms with E-state index >= 15 is 0 Å². The SMILES string of the molecule is [C-]#[N+]c1cnn2c(C(=O)O)nnc2c1NC1CCCCC1C. The van der Waals surface area contributed by atoms with Crippen molar-refractivity contribution >= 4 is 23.0 Å². The van der Waals surface area contributed by atoms with E-state index in [4.69, 9.17) is 11.7 Å². The molecule has 2 aromatic heterocycles. The van der Waals surface area contributed by atoms with Crippen LogP contribution in [-0.4, -0.2) is 36.9 Å². The van der Waals surface area contributed by atoms with Crippen molar-refractivity contribution in [3.05, 3.63) is 23.4 Å². The molecule has 1 aliphatic carbocycles. The minimum Gasteiger partial charge on any atom is -0.475 e. The van der Waals surface area contributed by atoms with E-state index in [1.165, 1.54) is 12.6 Å². The number of anilines is 1. The van der Waals surface area contributed by atoms with E-state index in [1.54, 1.807) is 0 Å². The number of nitrogens with one attached hydrogen (secondary N) is 1. The van der Waals surface area contributed by atoms with E-state index in [9.17, 15) is 4.79 Å². The first-order valence-electron chi connectivity index (χ1n) is 7.23. The first kappa shape index (κ1) is 14.3. The van der Waals surface area contributed by atoms with Crippen LogP contribution in [0.5, 0.6) is 0 Å². The van der Waals surface area contributed by atoms with Gasteiger partial charge in [-0.05, 0) is 18.8 Å². The maximum absolute atomic E-state index is 11.1. The average molecular weight is 300 g/mol. The first-order valence-corrected chi connectivity index (χ1v) is 7.23. The summed E-state index contributed by atoms with van der Waals surface area (Å²) in [4.78, 5) is 14.6. The minimum atomic E-state index is -1.20. The molecule has 8 nitrogen and oxygen atoms in total. The number of hydrogen-bond donors (Lipinski definition) is 2. The lowest BCUT2D eigenvalue weighted by Crippen LogP contribution is -2.30. The summed E-state index contributed by atoms with van der Waals surface area (Å²) in [5.41, 5.74) is 1.13. The Labute approximate surface area is 127 Å². The highest BCUT2D eigenvalue weighted by molar-refractivity contribution is 5.87. The highest BCUT2D eigenvalue weighted by Crippen LogP contribution is 2.33. The second-order valence-electron chi connectivity index (χ2n) is 5.59. The van der Waals surface area contributed by atoms with Gasteiger partial charge in [0.25, 0.3) is 5.82 Å². The molecular formula is C14H16N6O2. The third-order valence-electron chi connectivity index (χ3n) is 4.17. The molecule has 2 unspecified atom stereocenters. The first-order chi connectivity index (χ1) is 10.6. The quantitative estimate of drug-likeness (QED) is 0.845. The molecular weight excluding hydrogens is 284 g/mol. The zero-order valence-electron chi connectivity index (χ0n) is 12.2. The molecule has 2 atom stereocenters. The number of hydrogen-bond acceptors (Lipinski definition) is 5. The summed E-state index contributed by atoms with van der Waals surface area (Å²) in [7, 11) is 0. The van der Waals surface area contributed by atoms with Gasteiger partial charge in [-0.1, -0.05) is 19.8 Å². The van der Waals surface area contributed by atoms with Gasteiger partial charge in [-0.25, -0.2) is 9.64 Å². The molecule has 114 valence electrons. The van der Waals surface area contributed by atoms with E-state index in [0.29, 0.717) is 17.3 Å². The molecule has 0 aliphatic heterocycles. The Balaban J connectivity index is 2.06. The largest absolute Gasteiger partial charge is 0.475 e. The molecule has 0 saturated heterocycles. The minimum absolute atomic E-state index is 0.241. The summed E-state index contributed by atoms with van der Waals surface area (Å²) in [6, 6.07) is 0.241. The number of aromatic carboxylic acids is 1. The van der Waals surface area contributed by atoms with E-state index in [0.717, 1.165) is 23.8 Å². The fourth-order valence-electron chi connectivity index (χ4n) is 2.91. The third kappa shape index (κ3) is 2.35. The molecule has 1 fully saturated rings. The van der Waals surface area contributed by atoms with Crippen molar-refractivity contribution < 1.29 is 9.90 Å². The summed E-state index contributed by atoms with van der Waals surface area (Å²) >= 11 is 0.